The van der Waals surface area contributed by atoms with Crippen molar-refractivity contribution in [3.05, 3.63) is 35.8 Å². The molecule has 23 heavy (non-hydrogen) atoms. The maximum Gasteiger partial charge on any atom is 0.351 e. The average molecular weight is 338 g/mol. The Morgan fingerprint density at radius 3 is 2.78 bits per heavy atom. The van der Waals surface area contributed by atoms with E-state index in [1.54, 1.807) is 0 Å². The number of aromatic nitrogens is 2. The standard InChI is InChI=1S/C14H11FN2O5S/c1-21-13(18)12-9-6-16-14(23(2,19)20)17-11(9)8-5-7(15)3-4-10(8)22-12/h3-6,12H,1-2H3/t12-/m0/s1. The third-order valence-electron chi connectivity index (χ3n) is 3.27. The Hall–Kier alpha value is -2.55. The molecule has 9 heteroatoms. The summed E-state index contributed by atoms with van der Waals surface area (Å²) in [6.45, 7) is 0. The van der Waals surface area contributed by atoms with Crippen molar-refractivity contribution >= 4 is 15.8 Å². The summed E-state index contributed by atoms with van der Waals surface area (Å²) >= 11 is 0. The van der Waals surface area contributed by atoms with Crippen LogP contribution in [0.1, 0.15) is 11.7 Å². The summed E-state index contributed by atoms with van der Waals surface area (Å²) in [4.78, 5) is 19.6. The van der Waals surface area contributed by atoms with Crippen molar-refractivity contribution in [2.45, 2.75) is 11.3 Å². The number of rotatable bonds is 2. The minimum absolute atomic E-state index is 0.122. The highest BCUT2D eigenvalue weighted by Crippen LogP contribution is 2.41. The smallest absolute Gasteiger partial charge is 0.351 e. The van der Waals surface area contributed by atoms with Crippen molar-refractivity contribution in [3.8, 4) is 17.0 Å². The number of hydrogen-bond acceptors (Lipinski definition) is 7. The Kier molecular flexibility index (Phi) is 3.52. The van der Waals surface area contributed by atoms with Gasteiger partial charge in [-0.15, -0.1) is 0 Å². The fourth-order valence-corrected chi connectivity index (χ4v) is 2.73. The molecule has 120 valence electrons. The van der Waals surface area contributed by atoms with Gasteiger partial charge in [-0.25, -0.2) is 27.6 Å². The molecular weight excluding hydrogens is 327 g/mol. The molecule has 0 N–H and O–H groups in total. The van der Waals surface area contributed by atoms with Gasteiger partial charge in [0, 0.05) is 23.6 Å². The summed E-state index contributed by atoms with van der Waals surface area (Å²) in [5, 5.41) is -0.419. The van der Waals surface area contributed by atoms with Crippen LogP contribution < -0.4 is 4.74 Å². The predicted molar refractivity (Wildman–Crippen MR) is 75.9 cm³/mol. The van der Waals surface area contributed by atoms with Gasteiger partial charge in [-0.05, 0) is 18.2 Å². The molecule has 0 amide bonds. The van der Waals surface area contributed by atoms with E-state index in [0.29, 0.717) is 0 Å². The quantitative estimate of drug-likeness (QED) is 0.601. The maximum atomic E-state index is 13.5. The zero-order chi connectivity index (χ0) is 16.8. The summed E-state index contributed by atoms with van der Waals surface area (Å²) < 4.78 is 47.0. The number of ether oxygens (including phenoxy) is 2. The number of carbonyl (C=O) groups is 1. The third kappa shape index (κ3) is 2.63. The van der Waals surface area contributed by atoms with E-state index in [9.17, 15) is 17.6 Å². The first-order valence-electron chi connectivity index (χ1n) is 6.42. The number of esters is 1. The van der Waals surface area contributed by atoms with Crippen LogP contribution in [-0.4, -0.2) is 37.7 Å². The van der Waals surface area contributed by atoms with Crippen molar-refractivity contribution in [1.82, 2.24) is 9.97 Å². The molecule has 2 aromatic rings. The van der Waals surface area contributed by atoms with Crippen molar-refractivity contribution in [2.24, 2.45) is 0 Å². The molecule has 1 aromatic heterocycles. The third-order valence-corrected chi connectivity index (χ3v) is 4.13. The van der Waals surface area contributed by atoms with Crippen LogP contribution in [0.4, 0.5) is 4.39 Å². The molecule has 0 radical (unpaired) electrons. The SMILES string of the molecule is COC(=O)[C@H]1Oc2ccc(F)cc2-c2nc(S(C)(=O)=O)ncc21. The second-order valence-corrected chi connectivity index (χ2v) is 6.80. The topological polar surface area (TPSA) is 95.5 Å². The van der Waals surface area contributed by atoms with Crippen LogP contribution in [0.5, 0.6) is 5.75 Å². The number of nitrogens with zero attached hydrogens (tertiary/aromatic N) is 2. The molecule has 7 nitrogen and oxygen atoms in total. The molecule has 1 aliphatic heterocycles. The minimum atomic E-state index is -3.67. The highest BCUT2D eigenvalue weighted by Gasteiger charge is 2.35. The number of hydrogen-bond donors (Lipinski definition) is 0. The van der Waals surface area contributed by atoms with Gasteiger partial charge in [-0.3, -0.25) is 0 Å². The number of carbonyl (C=O) groups excluding carboxylic acids is 1. The lowest BCUT2D eigenvalue weighted by atomic mass is 9.99. The molecule has 0 aliphatic carbocycles. The lowest BCUT2D eigenvalue weighted by molar-refractivity contribution is -0.149. The Bertz CT molecular complexity index is 913. The van der Waals surface area contributed by atoms with Gasteiger partial charge in [0.15, 0.2) is 0 Å². The molecule has 0 saturated heterocycles. The molecule has 0 unspecified atom stereocenters. The Balaban J connectivity index is 2.28. The van der Waals surface area contributed by atoms with Gasteiger partial charge in [0.1, 0.15) is 11.6 Å². The summed E-state index contributed by atoms with van der Waals surface area (Å²) in [6.07, 6.45) is 0.980. The second kappa shape index (κ2) is 5.27. The van der Waals surface area contributed by atoms with Gasteiger partial charge in [0.2, 0.25) is 21.1 Å². The van der Waals surface area contributed by atoms with Crippen molar-refractivity contribution in [1.29, 1.82) is 0 Å². The molecule has 0 spiro atoms. The monoisotopic (exact) mass is 338 g/mol. The maximum absolute atomic E-state index is 13.5. The van der Waals surface area contributed by atoms with E-state index in [2.05, 4.69) is 14.7 Å². The van der Waals surface area contributed by atoms with E-state index in [4.69, 9.17) is 4.74 Å². The zero-order valence-electron chi connectivity index (χ0n) is 12.1. The van der Waals surface area contributed by atoms with Gasteiger partial charge in [-0.2, -0.15) is 0 Å². The first-order valence-corrected chi connectivity index (χ1v) is 8.32. The minimum Gasteiger partial charge on any atom is -0.473 e. The van der Waals surface area contributed by atoms with E-state index >= 15 is 0 Å². The van der Waals surface area contributed by atoms with Crippen molar-refractivity contribution in [3.63, 3.8) is 0 Å². The van der Waals surface area contributed by atoms with E-state index < -0.39 is 32.9 Å². The lowest BCUT2D eigenvalue weighted by Gasteiger charge is -2.26. The molecule has 1 aromatic carbocycles. The van der Waals surface area contributed by atoms with E-state index in [0.717, 1.165) is 18.4 Å². The van der Waals surface area contributed by atoms with Crippen LogP contribution in [0.2, 0.25) is 0 Å². The fraction of sp³-hybridized carbons (Fsp3) is 0.214. The zero-order valence-corrected chi connectivity index (χ0v) is 12.9. The fourth-order valence-electron chi connectivity index (χ4n) is 2.22. The molecule has 2 heterocycles. The van der Waals surface area contributed by atoms with Crippen LogP contribution in [0.25, 0.3) is 11.3 Å². The first-order chi connectivity index (χ1) is 10.8. The predicted octanol–water partition coefficient (Wildman–Crippen LogP) is 1.29. The molecular formula is C14H11FN2O5S. The Morgan fingerprint density at radius 2 is 2.13 bits per heavy atom. The number of sulfone groups is 1. The van der Waals surface area contributed by atoms with E-state index in [-0.39, 0.29) is 22.6 Å². The second-order valence-electron chi connectivity index (χ2n) is 4.89. The summed E-state index contributed by atoms with van der Waals surface area (Å²) in [7, 11) is -2.47. The van der Waals surface area contributed by atoms with Crippen LogP contribution in [-0.2, 0) is 19.4 Å². The lowest BCUT2D eigenvalue weighted by Crippen LogP contribution is -2.25. The summed E-state index contributed by atoms with van der Waals surface area (Å²) in [5.74, 6) is -1.04. The van der Waals surface area contributed by atoms with Crippen LogP contribution in [0.15, 0.2) is 29.6 Å². The molecule has 0 saturated carbocycles. The average Bonchev–Trinajstić information content (AvgIpc) is 2.52. The van der Waals surface area contributed by atoms with Crippen molar-refractivity contribution < 1.29 is 27.1 Å². The molecule has 0 fully saturated rings. The molecule has 1 aliphatic rings. The van der Waals surface area contributed by atoms with E-state index in [1.807, 2.05) is 0 Å². The number of fused-ring (bicyclic) bond motifs is 3. The van der Waals surface area contributed by atoms with Gasteiger partial charge in [0.25, 0.3) is 0 Å². The molecule has 3 rings (SSSR count). The van der Waals surface area contributed by atoms with Gasteiger partial charge >= 0.3 is 5.97 Å². The highest BCUT2D eigenvalue weighted by molar-refractivity contribution is 7.90. The number of methoxy groups -OCH3 is 1. The van der Waals surface area contributed by atoms with E-state index in [1.165, 1.54) is 19.4 Å². The first kappa shape index (κ1) is 15.3. The van der Waals surface area contributed by atoms with Crippen molar-refractivity contribution in [2.75, 3.05) is 13.4 Å². The Morgan fingerprint density at radius 1 is 1.39 bits per heavy atom. The summed E-state index contributed by atoms with van der Waals surface area (Å²) in [6, 6.07) is 3.66. The van der Waals surface area contributed by atoms with Crippen LogP contribution in [0, 0.1) is 5.82 Å². The highest BCUT2D eigenvalue weighted by atomic mass is 32.2. The van der Waals surface area contributed by atoms with Crippen LogP contribution >= 0.6 is 0 Å². The summed E-state index contributed by atoms with van der Waals surface area (Å²) in [5.41, 5.74) is 0.575. The molecule has 1 atom stereocenters. The number of benzene rings is 1. The number of halogens is 1. The normalized spacial score (nSPS) is 16.0. The van der Waals surface area contributed by atoms with Gasteiger partial charge in [-0.1, -0.05) is 0 Å². The van der Waals surface area contributed by atoms with Gasteiger partial charge < -0.3 is 9.47 Å². The molecule has 0 bridgehead atoms. The largest absolute Gasteiger partial charge is 0.473 e. The Labute approximate surface area is 131 Å². The van der Waals surface area contributed by atoms with Gasteiger partial charge in [0.05, 0.1) is 12.8 Å². The van der Waals surface area contributed by atoms with Crippen LogP contribution in [0.3, 0.4) is 0 Å².